The molecule has 0 saturated heterocycles. The Bertz CT molecular complexity index is 2800. The van der Waals surface area contributed by atoms with Crippen LogP contribution in [-0.2, 0) is 5.41 Å². The molecule has 7 aromatic carbocycles. The number of furan rings is 1. The highest BCUT2D eigenvalue weighted by Crippen LogP contribution is 2.53. The number of hydrogen-bond acceptors (Lipinski definition) is 4. The molecule has 0 radical (unpaired) electrons. The first-order valence-electron chi connectivity index (χ1n) is 17.7. The van der Waals surface area contributed by atoms with Crippen LogP contribution in [0.5, 0.6) is 0 Å². The van der Waals surface area contributed by atoms with Crippen molar-refractivity contribution >= 4 is 21.9 Å². The maximum Gasteiger partial charge on any atom is 0.164 e. The predicted molar refractivity (Wildman–Crippen MR) is 212 cm³/mol. The van der Waals surface area contributed by atoms with Crippen LogP contribution in [0.15, 0.2) is 168 Å². The van der Waals surface area contributed by atoms with Crippen LogP contribution in [0.25, 0.3) is 89.5 Å². The maximum absolute atomic E-state index is 6.57. The molecule has 10 rings (SSSR count). The topological polar surface area (TPSA) is 51.8 Å². The second-order valence-corrected chi connectivity index (χ2v) is 14.0. The number of fused-ring (bicyclic) bond motifs is 7. The van der Waals surface area contributed by atoms with E-state index in [2.05, 4.69) is 135 Å². The molecule has 0 unspecified atom stereocenters. The summed E-state index contributed by atoms with van der Waals surface area (Å²) in [6, 6.07) is 57.2. The summed E-state index contributed by atoms with van der Waals surface area (Å²) in [7, 11) is 0. The molecule has 246 valence electrons. The van der Waals surface area contributed by atoms with Gasteiger partial charge in [-0.1, -0.05) is 159 Å². The first kappa shape index (κ1) is 30.2. The van der Waals surface area contributed by atoms with Crippen molar-refractivity contribution in [2.45, 2.75) is 19.3 Å². The largest absolute Gasteiger partial charge is 0.455 e. The molecule has 0 amide bonds. The second-order valence-electron chi connectivity index (χ2n) is 14.0. The van der Waals surface area contributed by atoms with Gasteiger partial charge >= 0.3 is 0 Å². The minimum absolute atomic E-state index is 0.146. The van der Waals surface area contributed by atoms with E-state index in [9.17, 15) is 0 Å². The van der Waals surface area contributed by atoms with Crippen molar-refractivity contribution < 1.29 is 4.42 Å². The molecule has 0 fully saturated rings. The van der Waals surface area contributed by atoms with E-state index in [1.54, 1.807) is 0 Å². The number of rotatable bonds is 5. The SMILES string of the molecule is CC1(C)c2ccc(-c3cccc(-c4nc(-c5ccccc5)nc(-c5ccc(-c6ccccc6)cc5)n4)c3)cc2-c2c1ccc1c2oc2ccccc21. The molecule has 52 heavy (non-hydrogen) atoms. The fraction of sp³-hybridized carbons (Fsp3) is 0.0625. The first-order valence-corrected chi connectivity index (χ1v) is 17.7. The molecule has 0 bridgehead atoms. The summed E-state index contributed by atoms with van der Waals surface area (Å²) >= 11 is 0. The lowest BCUT2D eigenvalue weighted by Gasteiger charge is -2.21. The van der Waals surface area contributed by atoms with Crippen LogP contribution in [0.3, 0.4) is 0 Å². The normalized spacial score (nSPS) is 13.0. The van der Waals surface area contributed by atoms with Crippen molar-refractivity contribution in [3.8, 4) is 67.5 Å². The van der Waals surface area contributed by atoms with Crippen LogP contribution in [0, 0.1) is 0 Å². The zero-order valence-corrected chi connectivity index (χ0v) is 28.8. The average Bonchev–Trinajstić information content (AvgIpc) is 3.70. The summed E-state index contributed by atoms with van der Waals surface area (Å²) in [4.78, 5) is 15.1. The molecule has 0 saturated carbocycles. The molecule has 2 heterocycles. The number of nitrogens with zero attached hydrogens (tertiary/aromatic N) is 3. The van der Waals surface area contributed by atoms with Crippen LogP contribution < -0.4 is 0 Å². The summed E-state index contributed by atoms with van der Waals surface area (Å²) in [5, 5.41) is 2.30. The Balaban J connectivity index is 1.08. The van der Waals surface area contributed by atoms with Crippen LogP contribution in [0.2, 0.25) is 0 Å². The average molecular weight is 668 g/mol. The third kappa shape index (κ3) is 4.87. The molecular formula is C48H33N3O. The monoisotopic (exact) mass is 667 g/mol. The van der Waals surface area contributed by atoms with Crippen LogP contribution >= 0.6 is 0 Å². The van der Waals surface area contributed by atoms with Gasteiger partial charge in [-0.05, 0) is 57.1 Å². The van der Waals surface area contributed by atoms with Gasteiger partial charge in [-0.3, -0.25) is 0 Å². The number of hydrogen-bond donors (Lipinski definition) is 0. The molecule has 9 aromatic rings. The highest BCUT2D eigenvalue weighted by Gasteiger charge is 2.38. The van der Waals surface area contributed by atoms with Gasteiger partial charge in [-0.2, -0.15) is 0 Å². The molecule has 4 nitrogen and oxygen atoms in total. The Morgan fingerprint density at radius 2 is 0.923 bits per heavy atom. The van der Waals surface area contributed by atoms with E-state index in [1.165, 1.54) is 27.8 Å². The van der Waals surface area contributed by atoms with Gasteiger partial charge in [0, 0.05) is 38.4 Å². The Morgan fingerprint density at radius 3 is 1.67 bits per heavy atom. The Labute approximate surface area is 302 Å². The van der Waals surface area contributed by atoms with Crippen LogP contribution in [-0.4, -0.2) is 15.0 Å². The lowest BCUT2D eigenvalue weighted by molar-refractivity contribution is 0.653. The van der Waals surface area contributed by atoms with Gasteiger partial charge in [0.25, 0.3) is 0 Å². The number of para-hydroxylation sites is 1. The standard InChI is InChI=1S/C48H33N3O/c1-48(2)40-26-24-35(29-39(40)43-41(48)27-25-38-37-18-9-10-19-42(37)52-44(38)43)34-16-11-17-36(28-34)47-50-45(32-14-7-4-8-15-32)49-46(51-47)33-22-20-31(21-23-33)30-12-5-3-6-13-30/h3-29H,1-2H3. The third-order valence-electron chi connectivity index (χ3n) is 10.6. The minimum atomic E-state index is -0.146. The van der Waals surface area contributed by atoms with Gasteiger partial charge in [-0.25, -0.2) is 15.0 Å². The van der Waals surface area contributed by atoms with E-state index < -0.39 is 0 Å². The highest BCUT2D eigenvalue weighted by molar-refractivity contribution is 6.12. The van der Waals surface area contributed by atoms with Gasteiger partial charge in [-0.15, -0.1) is 0 Å². The van der Waals surface area contributed by atoms with Gasteiger partial charge in [0.05, 0.1) is 0 Å². The number of aromatic nitrogens is 3. The minimum Gasteiger partial charge on any atom is -0.455 e. The van der Waals surface area contributed by atoms with Crippen molar-refractivity contribution in [1.82, 2.24) is 15.0 Å². The quantitative estimate of drug-likeness (QED) is 0.183. The summed E-state index contributed by atoms with van der Waals surface area (Å²) in [6.07, 6.45) is 0. The molecule has 1 aliphatic carbocycles. The van der Waals surface area contributed by atoms with Crippen LogP contribution in [0.1, 0.15) is 25.0 Å². The van der Waals surface area contributed by atoms with Crippen molar-refractivity contribution in [2.75, 3.05) is 0 Å². The third-order valence-corrected chi connectivity index (χ3v) is 10.6. The maximum atomic E-state index is 6.57. The highest BCUT2D eigenvalue weighted by atomic mass is 16.3. The molecule has 0 aliphatic heterocycles. The van der Waals surface area contributed by atoms with E-state index in [-0.39, 0.29) is 5.41 Å². The fourth-order valence-corrected chi connectivity index (χ4v) is 7.83. The van der Waals surface area contributed by atoms with Crippen molar-refractivity contribution in [3.63, 3.8) is 0 Å². The van der Waals surface area contributed by atoms with Crippen molar-refractivity contribution in [1.29, 1.82) is 0 Å². The Hall–Kier alpha value is -6.65. The molecule has 2 aromatic heterocycles. The molecular weight excluding hydrogens is 635 g/mol. The van der Waals surface area contributed by atoms with Gasteiger partial charge in [0.15, 0.2) is 17.5 Å². The molecule has 1 aliphatic rings. The lowest BCUT2D eigenvalue weighted by Crippen LogP contribution is -2.14. The number of benzene rings is 7. The fourth-order valence-electron chi connectivity index (χ4n) is 7.83. The molecule has 0 atom stereocenters. The molecule has 0 spiro atoms. The molecule has 0 N–H and O–H groups in total. The Kier molecular flexibility index (Phi) is 6.80. The van der Waals surface area contributed by atoms with Gasteiger partial charge < -0.3 is 4.42 Å². The first-order chi connectivity index (χ1) is 25.5. The summed E-state index contributed by atoms with van der Waals surface area (Å²) in [5.74, 6) is 1.92. The lowest BCUT2D eigenvalue weighted by atomic mass is 9.82. The summed E-state index contributed by atoms with van der Waals surface area (Å²) in [5.41, 5.74) is 14.1. The van der Waals surface area contributed by atoms with Gasteiger partial charge in [0.2, 0.25) is 0 Å². The van der Waals surface area contributed by atoms with E-state index in [0.29, 0.717) is 17.5 Å². The predicted octanol–water partition coefficient (Wildman–Crippen LogP) is 12.4. The summed E-state index contributed by atoms with van der Waals surface area (Å²) < 4.78 is 6.57. The van der Waals surface area contributed by atoms with E-state index in [0.717, 1.165) is 55.3 Å². The van der Waals surface area contributed by atoms with E-state index in [1.807, 2.05) is 42.5 Å². The second kappa shape index (κ2) is 11.7. The van der Waals surface area contributed by atoms with Crippen molar-refractivity contribution in [3.05, 3.63) is 175 Å². The summed E-state index contributed by atoms with van der Waals surface area (Å²) in [6.45, 7) is 4.62. The van der Waals surface area contributed by atoms with Crippen LogP contribution in [0.4, 0.5) is 0 Å². The zero-order chi connectivity index (χ0) is 34.8. The van der Waals surface area contributed by atoms with E-state index >= 15 is 0 Å². The molecule has 4 heteroatoms. The zero-order valence-electron chi connectivity index (χ0n) is 28.8. The van der Waals surface area contributed by atoms with Gasteiger partial charge in [0.1, 0.15) is 11.2 Å². The Morgan fingerprint density at radius 1 is 0.404 bits per heavy atom. The smallest absolute Gasteiger partial charge is 0.164 e. The van der Waals surface area contributed by atoms with E-state index in [4.69, 9.17) is 19.4 Å². The van der Waals surface area contributed by atoms with Crippen molar-refractivity contribution in [2.24, 2.45) is 0 Å².